The molecule has 2 atom stereocenters. The molecule has 0 unspecified atom stereocenters. The maximum absolute atomic E-state index is 6.06. The average molecular weight is 309 g/mol. The number of nitrogens with zero attached hydrogens (tertiary/aromatic N) is 1. The summed E-state index contributed by atoms with van der Waals surface area (Å²) < 4.78 is 11.5. The molecule has 1 saturated heterocycles. The quantitative estimate of drug-likeness (QED) is 0.860. The van der Waals surface area contributed by atoms with Crippen LogP contribution in [0.5, 0.6) is 11.5 Å². The SMILES string of the molecule is COc1ccc2c(c1)[C@@H]1CCCN(Cc3ccccc3)[C@H]1CO2. The molecular weight excluding hydrogens is 286 g/mol. The van der Waals surface area contributed by atoms with Gasteiger partial charge in [-0.2, -0.15) is 0 Å². The zero-order valence-electron chi connectivity index (χ0n) is 13.6. The van der Waals surface area contributed by atoms with Gasteiger partial charge in [-0.05, 0) is 43.1 Å². The van der Waals surface area contributed by atoms with E-state index in [0.29, 0.717) is 12.0 Å². The van der Waals surface area contributed by atoms with Gasteiger partial charge in [-0.3, -0.25) is 4.90 Å². The van der Waals surface area contributed by atoms with Crippen molar-refractivity contribution in [3.63, 3.8) is 0 Å². The van der Waals surface area contributed by atoms with Crippen molar-refractivity contribution in [3.8, 4) is 11.5 Å². The molecule has 23 heavy (non-hydrogen) atoms. The van der Waals surface area contributed by atoms with E-state index in [1.165, 1.54) is 24.0 Å². The van der Waals surface area contributed by atoms with Gasteiger partial charge in [0.15, 0.2) is 0 Å². The van der Waals surface area contributed by atoms with Crippen LogP contribution in [0.2, 0.25) is 0 Å². The number of benzene rings is 2. The first kappa shape index (κ1) is 14.6. The van der Waals surface area contributed by atoms with Crippen LogP contribution in [0.3, 0.4) is 0 Å². The van der Waals surface area contributed by atoms with Crippen molar-refractivity contribution in [2.75, 3.05) is 20.3 Å². The van der Waals surface area contributed by atoms with Crippen LogP contribution < -0.4 is 9.47 Å². The normalized spacial score (nSPS) is 23.5. The van der Waals surface area contributed by atoms with Crippen LogP contribution in [0.1, 0.15) is 29.9 Å². The number of piperidine rings is 1. The van der Waals surface area contributed by atoms with E-state index in [0.717, 1.165) is 31.2 Å². The second-order valence-electron chi connectivity index (χ2n) is 6.49. The molecule has 0 aliphatic carbocycles. The summed E-state index contributed by atoms with van der Waals surface area (Å²) in [6, 6.07) is 17.4. The van der Waals surface area contributed by atoms with Gasteiger partial charge in [0, 0.05) is 18.0 Å². The molecule has 4 rings (SSSR count). The first-order valence-corrected chi connectivity index (χ1v) is 8.44. The highest BCUT2D eigenvalue weighted by molar-refractivity contribution is 5.45. The van der Waals surface area contributed by atoms with Crippen LogP contribution in [0.15, 0.2) is 48.5 Å². The molecule has 0 aromatic heterocycles. The van der Waals surface area contributed by atoms with Gasteiger partial charge in [0.2, 0.25) is 0 Å². The molecule has 3 nitrogen and oxygen atoms in total. The van der Waals surface area contributed by atoms with Gasteiger partial charge in [0.05, 0.1) is 13.2 Å². The van der Waals surface area contributed by atoms with Crippen molar-refractivity contribution in [2.45, 2.75) is 31.3 Å². The molecule has 2 aliphatic heterocycles. The fraction of sp³-hybridized carbons (Fsp3) is 0.400. The first-order chi connectivity index (χ1) is 11.3. The largest absolute Gasteiger partial charge is 0.497 e. The minimum absolute atomic E-state index is 0.462. The highest BCUT2D eigenvalue weighted by Gasteiger charge is 2.37. The summed E-state index contributed by atoms with van der Waals surface area (Å²) in [5, 5.41) is 0. The lowest BCUT2D eigenvalue weighted by atomic mass is 9.81. The number of hydrogen-bond donors (Lipinski definition) is 0. The summed E-state index contributed by atoms with van der Waals surface area (Å²) in [6.07, 6.45) is 2.48. The van der Waals surface area contributed by atoms with Crippen LogP contribution in [-0.2, 0) is 6.54 Å². The maximum Gasteiger partial charge on any atom is 0.123 e. The van der Waals surface area contributed by atoms with E-state index in [9.17, 15) is 0 Å². The summed E-state index contributed by atoms with van der Waals surface area (Å²) in [4.78, 5) is 2.59. The van der Waals surface area contributed by atoms with Crippen molar-refractivity contribution in [1.29, 1.82) is 0 Å². The minimum Gasteiger partial charge on any atom is -0.497 e. The fourth-order valence-electron chi connectivity index (χ4n) is 3.98. The van der Waals surface area contributed by atoms with Crippen LogP contribution in [0.4, 0.5) is 0 Å². The molecule has 0 saturated carbocycles. The summed E-state index contributed by atoms with van der Waals surface area (Å²) >= 11 is 0. The van der Waals surface area contributed by atoms with Gasteiger partial charge in [-0.1, -0.05) is 30.3 Å². The van der Waals surface area contributed by atoms with Gasteiger partial charge < -0.3 is 9.47 Å². The molecule has 0 N–H and O–H groups in total. The lowest BCUT2D eigenvalue weighted by Crippen LogP contribution is -2.48. The van der Waals surface area contributed by atoms with Crippen molar-refractivity contribution in [3.05, 3.63) is 59.7 Å². The number of likely N-dealkylation sites (tertiary alicyclic amines) is 1. The van der Waals surface area contributed by atoms with Crippen molar-refractivity contribution in [1.82, 2.24) is 4.90 Å². The Hall–Kier alpha value is -2.00. The van der Waals surface area contributed by atoms with Crippen molar-refractivity contribution < 1.29 is 9.47 Å². The second-order valence-corrected chi connectivity index (χ2v) is 6.49. The molecule has 1 fully saturated rings. The van der Waals surface area contributed by atoms with Gasteiger partial charge in [0.25, 0.3) is 0 Å². The summed E-state index contributed by atoms with van der Waals surface area (Å²) in [7, 11) is 1.73. The Morgan fingerprint density at radius 1 is 1.17 bits per heavy atom. The number of rotatable bonds is 3. The number of ether oxygens (including phenoxy) is 2. The molecule has 2 heterocycles. The first-order valence-electron chi connectivity index (χ1n) is 8.44. The van der Waals surface area contributed by atoms with Crippen LogP contribution in [-0.4, -0.2) is 31.2 Å². The third-order valence-electron chi connectivity index (χ3n) is 5.15. The molecule has 2 aromatic rings. The third-order valence-corrected chi connectivity index (χ3v) is 5.15. The lowest BCUT2D eigenvalue weighted by Gasteiger charge is -2.44. The number of fused-ring (bicyclic) bond motifs is 3. The van der Waals surface area contributed by atoms with Gasteiger partial charge in [0.1, 0.15) is 18.1 Å². The van der Waals surface area contributed by atoms with E-state index < -0.39 is 0 Å². The maximum atomic E-state index is 6.06. The fourth-order valence-corrected chi connectivity index (χ4v) is 3.98. The number of hydrogen-bond acceptors (Lipinski definition) is 3. The minimum atomic E-state index is 0.462. The zero-order chi connectivity index (χ0) is 15.6. The van der Waals surface area contributed by atoms with E-state index in [1.54, 1.807) is 7.11 Å². The predicted molar refractivity (Wildman–Crippen MR) is 91.1 cm³/mol. The summed E-state index contributed by atoms with van der Waals surface area (Å²) in [5.41, 5.74) is 2.70. The van der Waals surface area contributed by atoms with E-state index in [4.69, 9.17) is 9.47 Å². The molecule has 0 amide bonds. The second kappa shape index (κ2) is 6.25. The predicted octanol–water partition coefficient (Wildman–Crippen LogP) is 3.84. The lowest BCUT2D eigenvalue weighted by molar-refractivity contribution is 0.0598. The molecule has 0 bridgehead atoms. The van der Waals surface area contributed by atoms with E-state index in [2.05, 4.69) is 47.4 Å². The van der Waals surface area contributed by atoms with E-state index in [-0.39, 0.29) is 0 Å². The van der Waals surface area contributed by atoms with E-state index in [1.807, 2.05) is 6.07 Å². The molecule has 120 valence electrons. The Kier molecular flexibility index (Phi) is 3.96. The monoisotopic (exact) mass is 309 g/mol. The van der Waals surface area contributed by atoms with E-state index >= 15 is 0 Å². The Balaban J connectivity index is 1.60. The van der Waals surface area contributed by atoms with Gasteiger partial charge in [-0.25, -0.2) is 0 Å². The molecule has 2 aliphatic rings. The van der Waals surface area contributed by atoms with Gasteiger partial charge in [-0.15, -0.1) is 0 Å². The Morgan fingerprint density at radius 2 is 2.04 bits per heavy atom. The average Bonchev–Trinajstić information content (AvgIpc) is 2.62. The summed E-state index contributed by atoms with van der Waals surface area (Å²) in [5.74, 6) is 2.51. The van der Waals surface area contributed by atoms with Crippen LogP contribution >= 0.6 is 0 Å². The molecule has 0 radical (unpaired) electrons. The van der Waals surface area contributed by atoms with Crippen molar-refractivity contribution in [2.24, 2.45) is 0 Å². The standard InChI is InChI=1S/C20H23NO2/c1-22-16-9-10-20-18(12-16)17-8-5-11-21(19(17)14-23-20)13-15-6-3-2-4-7-15/h2-4,6-7,9-10,12,17,19H,5,8,11,13-14H2,1H3/t17-,19-/m0/s1. The smallest absolute Gasteiger partial charge is 0.123 e. The van der Waals surface area contributed by atoms with Crippen LogP contribution in [0.25, 0.3) is 0 Å². The van der Waals surface area contributed by atoms with Crippen LogP contribution in [0, 0.1) is 0 Å². The third kappa shape index (κ3) is 2.81. The topological polar surface area (TPSA) is 21.7 Å². The highest BCUT2D eigenvalue weighted by atomic mass is 16.5. The Bertz CT molecular complexity index is 671. The van der Waals surface area contributed by atoms with Crippen molar-refractivity contribution >= 4 is 0 Å². The Labute approximate surface area is 137 Å². The molecular formula is C20H23NO2. The molecule has 0 spiro atoms. The molecule has 2 aromatic carbocycles. The number of methoxy groups -OCH3 is 1. The zero-order valence-corrected chi connectivity index (χ0v) is 13.6. The van der Waals surface area contributed by atoms with Gasteiger partial charge >= 0.3 is 0 Å². The summed E-state index contributed by atoms with van der Waals surface area (Å²) in [6.45, 7) is 2.94. The molecule has 3 heteroatoms. The highest BCUT2D eigenvalue weighted by Crippen LogP contribution is 2.42. The Morgan fingerprint density at radius 3 is 2.87 bits per heavy atom.